The number of halogens is 1. The van der Waals surface area contributed by atoms with Gasteiger partial charge < -0.3 is 15.7 Å². The van der Waals surface area contributed by atoms with Crippen LogP contribution in [0.4, 0.5) is 5.69 Å². The third-order valence-corrected chi connectivity index (χ3v) is 4.33. The molecule has 5 nitrogen and oxygen atoms in total. The number of nitrogens with two attached hydrogens (primary N) is 1. The van der Waals surface area contributed by atoms with Gasteiger partial charge in [-0.2, -0.15) is 0 Å². The number of aliphatic carboxylic acids is 1. The van der Waals surface area contributed by atoms with Crippen LogP contribution in [0.3, 0.4) is 0 Å². The number of carbonyl (C=O) groups is 2. The van der Waals surface area contributed by atoms with Crippen LogP contribution in [0.15, 0.2) is 22.7 Å². The monoisotopic (exact) mass is 340 g/mol. The number of rotatable bonds is 2. The number of hydrogen-bond donors (Lipinski definition) is 2. The molecule has 0 spiro atoms. The molecule has 0 radical (unpaired) electrons. The van der Waals surface area contributed by atoms with Crippen LogP contribution in [-0.2, 0) is 4.79 Å². The summed E-state index contributed by atoms with van der Waals surface area (Å²) in [5.74, 6) is -1.29. The normalized spacial score (nSPS) is 22.6. The van der Waals surface area contributed by atoms with E-state index in [2.05, 4.69) is 15.9 Å². The number of nitrogens with zero attached hydrogens (tertiary/aromatic N) is 1. The minimum absolute atomic E-state index is 0.320. The van der Waals surface area contributed by atoms with E-state index in [4.69, 9.17) is 5.73 Å². The van der Waals surface area contributed by atoms with Gasteiger partial charge in [0.2, 0.25) is 0 Å². The van der Waals surface area contributed by atoms with Gasteiger partial charge in [0, 0.05) is 16.7 Å². The third-order valence-electron chi connectivity index (χ3n) is 3.84. The van der Waals surface area contributed by atoms with Crippen LogP contribution in [0, 0.1) is 0 Å². The Kier molecular flexibility index (Phi) is 4.04. The Morgan fingerprint density at radius 3 is 2.70 bits per heavy atom. The Bertz CT molecular complexity index is 561. The van der Waals surface area contributed by atoms with E-state index in [1.54, 1.807) is 25.1 Å². The molecule has 1 aromatic rings. The molecule has 1 heterocycles. The molecule has 0 aromatic heterocycles. The number of carboxylic acid groups (broad SMARTS) is 1. The average Bonchev–Trinajstić information content (AvgIpc) is 2.38. The minimum atomic E-state index is -1.16. The van der Waals surface area contributed by atoms with E-state index in [1.807, 2.05) is 0 Å². The summed E-state index contributed by atoms with van der Waals surface area (Å²) in [6.07, 6.45) is 2.08. The SMILES string of the molecule is CC1(C(=O)O)CCCCN1C(=O)c1ccc(Br)cc1N. The van der Waals surface area contributed by atoms with Gasteiger partial charge in [-0.15, -0.1) is 0 Å². The fraction of sp³-hybridized carbons (Fsp3) is 0.429. The van der Waals surface area contributed by atoms with Crippen molar-refractivity contribution in [3.63, 3.8) is 0 Å². The molecule has 1 atom stereocenters. The van der Waals surface area contributed by atoms with Crippen LogP contribution in [0.1, 0.15) is 36.5 Å². The molecule has 0 aliphatic carbocycles. The minimum Gasteiger partial charge on any atom is -0.480 e. The summed E-state index contributed by atoms with van der Waals surface area (Å²) in [5.41, 5.74) is 5.41. The maximum Gasteiger partial charge on any atom is 0.329 e. The second-order valence-electron chi connectivity index (χ2n) is 5.22. The van der Waals surface area contributed by atoms with Crippen molar-refractivity contribution in [1.29, 1.82) is 0 Å². The average molecular weight is 341 g/mol. The summed E-state index contributed by atoms with van der Waals surface area (Å²) in [4.78, 5) is 25.6. The molecule has 0 saturated carbocycles. The van der Waals surface area contributed by atoms with Crippen LogP contribution in [0.25, 0.3) is 0 Å². The molecule has 1 aliphatic heterocycles. The summed E-state index contributed by atoms with van der Waals surface area (Å²) in [6, 6.07) is 5.00. The molecular weight excluding hydrogens is 324 g/mol. The van der Waals surface area contributed by atoms with Gasteiger partial charge in [-0.05, 0) is 44.4 Å². The van der Waals surface area contributed by atoms with Gasteiger partial charge in [-0.1, -0.05) is 15.9 Å². The highest BCUT2D eigenvalue weighted by atomic mass is 79.9. The fourth-order valence-corrected chi connectivity index (χ4v) is 2.92. The zero-order valence-corrected chi connectivity index (χ0v) is 12.8. The molecule has 108 valence electrons. The number of nitrogen functional groups attached to an aromatic ring is 1. The number of piperidine rings is 1. The molecule has 1 aromatic carbocycles. The quantitative estimate of drug-likeness (QED) is 0.810. The maximum absolute atomic E-state index is 12.6. The molecule has 1 aliphatic rings. The number of hydrogen-bond acceptors (Lipinski definition) is 3. The topological polar surface area (TPSA) is 83.6 Å². The van der Waals surface area contributed by atoms with Crippen molar-refractivity contribution in [3.05, 3.63) is 28.2 Å². The standard InChI is InChI=1S/C14H17BrN2O3/c1-14(13(19)20)6-2-3-7-17(14)12(18)10-5-4-9(15)8-11(10)16/h4-5,8H,2-3,6-7,16H2,1H3,(H,19,20). The summed E-state index contributed by atoms with van der Waals surface area (Å²) in [6.45, 7) is 2.04. The highest BCUT2D eigenvalue weighted by Crippen LogP contribution is 2.31. The molecular formula is C14H17BrN2O3. The van der Waals surface area contributed by atoms with Crippen LogP contribution in [0.2, 0.25) is 0 Å². The summed E-state index contributed by atoms with van der Waals surface area (Å²) in [5, 5.41) is 9.44. The van der Waals surface area contributed by atoms with Crippen molar-refractivity contribution < 1.29 is 14.7 Å². The van der Waals surface area contributed by atoms with E-state index in [9.17, 15) is 14.7 Å². The molecule has 1 saturated heterocycles. The van der Waals surface area contributed by atoms with E-state index in [-0.39, 0.29) is 5.91 Å². The van der Waals surface area contributed by atoms with Gasteiger partial charge in [0.25, 0.3) is 5.91 Å². The Labute approximate surface area is 125 Å². The van der Waals surface area contributed by atoms with Crippen LogP contribution < -0.4 is 5.73 Å². The van der Waals surface area contributed by atoms with Crippen LogP contribution >= 0.6 is 15.9 Å². The number of carboxylic acids is 1. The summed E-state index contributed by atoms with van der Waals surface area (Å²) in [7, 11) is 0. The van der Waals surface area contributed by atoms with E-state index in [1.165, 1.54) is 4.90 Å². The van der Waals surface area contributed by atoms with Crippen molar-refractivity contribution >= 4 is 33.5 Å². The fourth-order valence-electron chi connectivity index (χ4n) is 2.54. The predicted molar refractivity (Wildman–Crippen MR) is 79.5 cm³/mol. The number of amides is 1. The van der Waals surface area contributed by atoms with Crippen molar-refractivity contribution in [2.75, 3.05) is 12.3 Å². The highest BCUT2D eigenvalue weighted by Gasteiger charge is 2.44. The third kappa shape index (κ3) is 2.52. The molecule has 2 rings (SSSR count). The summed E-state index contributed by atoms with van der Waals surface area (Å²) >= 11 is 3.29. The Morgan fingerprint density at radius 2 is 2.10 bits per heavy atom. The first-order chi connectivity index (χ1) is 9.36. The van der Waals surface area contributed by atoms with Gasteiger partial charge in [-0.25, -0.2) is 4.79 Å². The molecule has 0 bridgehead atoms. The lowest BCUT2D eigenvalue weighted by molar-refractivity contribution is -0.150. The Morgan fingerprint density at radius 1 is 1.40 bits per heavy atom. The first kappa shape index (κ1) is 14.8. The number of benzene rings is 1. The second-order valence-corrected chi connectivity index (χ2v) is 6.14. The molecule has 1 fully saturated rings. The van der Waals surface area contributed by atoms with Gasteiger partial charge in [-0.3, -0.25) is 4.79 Å². The largest absolute Gasteiger partial charge is 0.480 e. The van der Waals surface area contributed by atoms with E-state index in [0.29, 0.717) is 24.2 Å². The maximum atomic E-state index is 12.6. The molecule has 1 amide bonds. The first-order valence-electron chi connectivity index (χ1n) is 6.46. The number of anilines is 1. The summed E-state index contributed by atoms with van der Waals surface area (Å²) < 4.78 is 0.784. The van der Waals surface area contributed by atoms with Gasteiger partial charge >= 0.3 is 5.97 Å². The first-order valence-corrected chi connectivity index (χ1v) is 7.26. The number of carbonyl (C=O) groups excluding carboxylic acids is 1. The zero-order chi connectivity index (χ0) is 14.9. The second kappa shape index (κ2) is 5.44. The van der Waals surface area contributed by atoms with E-state index < -0.39 is 11.5 Å². The van der Waals surface area contributed by atoms with Gasteiger partial charge in [0.15, 0.2) is 0 Å². The van der Waals surface area contributed by atoms with Gasteiger partial charge in [0.1, 0.15) is 5.54 Å². The highest BCUT2D eigenvalue weighted by molar-refractivity contribution is 9.10. The zero-order valence-electron chi connectivity index (χ0n) is 11.2. The van der Waals surface area contributed by atoms with Crippen molar-refractivity contribution in [2.24, 2.45) is 0 Å². The lowest BCUT2D eigenvalue weighted by Gasteiger charge is -2.41. The number of likely N-dealkylation sites (tertiary alicyclic amines) is 1. The molecule has 3 N–H and O–H groups in total. The Hall–Kier alpha value is -1.56. The lowest BCUT2D eigenvalue weighted by atomic mass is 9.87. The molecule has 1 unspecified atom stereocenters. The van der Waals surface area contributed by atoms with Crippen molar-refractivity contribution in [2.45, 2.75) is 31.7 Å². The predicted octanol–water partition coefficient (Wildman–Crippen LogP) is 2.50. The van der Waals surface area contributed by atoms with E-state index in [0.717, 1.165) is 17.3 Å². The van der Waals surface area contributed by atoms with Gasteiger partial charge in [0.05, 0.1) is 5.56 Å². The molecule has 20 heavy (non-hydrogen) atoms. The smallest absolute Gasteiger partial charge is 0.329 e. The van der Waals surface area contributed by atoms with E-state index >= 15 is 0 Å². The molecule has 6 heteroatoms. The van der Waals surface area contributed by atoms with Crippen molar-refractivity contribution in [3.8, 4) is 0 Å². The lowest BCUT2D eigenvalue weighted by Crippen LogP contribution is -2.57. The Balaban J connectivity index is 2.37. The van der Waals surface area contributed by atoms with Crippen molar-refractivity contribution in [1.82, 2.24) is 4.90 Å². The van der Waals surface area contributed by atoms with Crippen LogP contribution in [0.5, 0.6) is 0 Å². The van der Waals surface area contributed by atoms with Crippen LogP contribution in [-0.4, -0.2) is 34.0 Å².